The summed E-state index contributed by atoms with van der Waals surface area (Å²) in [6.45, 7) is 8.28. The lowest BCUT2D eigenvalue weighted by Gasteiger charge is -2.42. The van der Waals surface area contributed by atoms with Crippen molar-refractivity contribution in [2.45, 2.75) is 38.4 Å². The van der Waals surface area contributed by atoms with Crippen molar-refractivity contribution in [1.82, 2.24) is 39.7 Å². The number of likely N-dealkylation sites (N-methyl/N-ethyl adjacent to an activating group) is 1. The van der Waals surface area contributed by atoms with Crippen LogP contribution in [-0.4, -0.2) is 97.9 Å². The zero-order chi connectivity index (χ0) is 30.8. The van der Waals surface area contributed by atoms with Crippen molar-refractivity contribution in [2.24, 2.45) is 0 Å². The molecule has 2 saturated heterocycles. The first-order valence-corrected chi connectivity index (χ1v) is 14.7. The Morgan fingerprint density at radius 1 is 0.977 bits per heavy atom. The van der Waals surface area contributed by atoms with Gasteiger partial charge in [-0.15, -0.1) is 5.10 Å². The van der Waals surface area contributed by atoms with E-state index in [0.29, 0.717) is 28.7 Å². The Labute approximate surface area is 253 Å². The van der Waals surface area contributed by atoms with Gasteiger partial charge in [0.15, 0.2) is 5.78 Å². The maximum absolute atomic E-state index is 13.1. The van der Waals surface area contributed by atoms with Gasteiger partial charge in [-0.1, -0.05) is 5.21 Å². The van der Waals surface area contributed by atoms with Crippen LogP contribution in [0, 0.1) is 6.92 Å². The minimum Gasteiger partial charge on any atom is -0.370 e. The molecule has 6 heterocycles. The standard InChI is InChI=1S/C31H34F3N9O/c1-21-29(13-22(17-37-21)14-30(44)27-16-24(3-6-36-27)31(32,33)34)43-20-28(38-39-43)23-15-26(19-35-18-23)41-7-4-25(5-8-41)42-11-9-40(2)10-12-42/h3,6,13,15-20,25H,4-5,7-12,14H2,1-2H3. The van der Waals surface area contributed by atoms with Crippen LogP contribution >= 0.6 is 0 Å². The number of piperazine rings is 1. The van der Waals surface area contributed by atoms with E-state index in [4.69, 9.17) is 0 Å². The van der Waals surface area contributed by atoms with Gasteiger partial charge in [-0.2, -0.15) is 13.2 Å². The van der Waals surface area contributed by atoms with Crippen molar-refractivity contribution in [3.05, 3.63) is 77.8 Å². The quantitative estimate of drug-likeness (QED) is 0.289. The van der Waals surface area contributed by atoms with E-state index in [2.05, 4.69) is 53.1 Å². The number of aryl methyl sites for hydroxylation is 1. The summed E-state index contributed by atoms with van der Waals surface area (Å²) in [4.78, 5) is 32.9. The number of aromatic nitrogens is 6. The fourth-order valence-electron chi connectivity index (χ4n) is 5.86. The molecule has 0 saturated carbocycles. The van der Waals surface area contributed by atoms with Crippen LogP contribution in [0.4, 0.5) is 18.9 Å². The molecular formula is C31H34F3N9O. The maximum Gasteiger partial charge on any atom is 0.416 e. The summed E-state index contributed by atoms with van der Waals surface area (Å²) in [5.41, 5.74) is 3.16. The minimum absolute atomic E-state index is 0.159. The van der Waals surface area contributed by atoms with E-state index in [9.17, 15) is 18.0 Å². The first-order chi connectivity index (χ1) is 21.1. The number of hydrogen-bond acceptors (Lipinski definition) is 9. The molecule has 0 atom stereocenters. The van der Waals surface area contributed by atoms with E-state index >= 15 is 0 Å². The zero-order valence-electron chi connectivity index (χ0n) is 24.7. The first kappa shape index (κ1) is 29.8. The highest BCUT2D eigenvalue weighted by Gasteiger charge is 2.31. The number of alkyl halides is 3. The number of carbonyl (C=O) groups is 1. The van der Waals surface area contributed by atoms with Crippen LogP contribution in [0.25, 0.3) is 16.9 Å². The van der Waals surface area contributed by atoms with Crippen LogP contribution in [0.1, 0.15) is 40.2 Å². The number of rotatable bonds is 7. The Bertz CT molecular complexity index is 1620. The van der Waals surface area contributed by atoms with Gasteiger partial charge in [0.1, 0.15) is 11.4 Å². The molecule has 0 bridgehead atoms. The summed E-state index contributed by atoms with van der Waals surface area (Å²) >= 11 is 0. The van der Waals surface area contributed by atoms with Gasteiger partial charge < -0.3 is 9.80 Å². The molecule has 2 aliphatic heterocycles. The van der Waals surface area contributed by atoms with Crippen molar-refractivity contribution < 1.29 is 18.0 Å². The van der Waals surface area contributed by atoms with Gasteiger partial charge in [0.2, 0.25) is 0 Å². The molecule has 10 nitrogen and oxygen atoms in total. The maximum atomic E-state index is 13.1. The highest BCUT2D eigenvalue weighted by molar-refractivity contribution is 5.95. The van der Waals surface area contributed by atoms with Crippen LogP contribution in [0.3, 0.4) is 0 Å². The Hall–Kier alpha value is -4.23. The predicted molar refractivity (Wildman–Crippen MR) is 159 cm³/mol. The van der Waals surface area contributed by atoms with Crippen molar-refractivity contribution >= 4 is 11.5 Å². The third-order valence-corrected chi connectivity index (χ3v) is 8.50. The molecular weight excluding hydrogens is 571 g/mol. The molecule has 4 aromatic heterocycles. The molecule has 0 unspecified atom stereocenters. The molecule has 0 aromatic carbocycles. The number of anilines is 1. The zero-order valence-corrected chi connectivity index (χ0v) is 24.7. The van der Waals surface area contributed by atoms with E-state index in [1.807, 2.05) is 13.1 Å². The van der Waals surface area contributed by atoms with Crippen LogP contribution in [0.15, 0.2) is 55.2 Å². The van der Waals surface area contributed by atoms with E-state index < -0.39 is 17.5 Å². The summed E-state index contributed by atoms with van der Waals surface area (Å²) < 4.78 is 40.9. The summed E-state index contributed by atoms with van der Waals surface area (Å²) in [6.07, 6.45) is 5.48. The number of pyridine rings is 3. The molecule has 6 rings (SSSR count). The molecule has 2 fully saturated rings. The monoisotopic (exact) mass is 605 g/mol. The fourth-order valence-corrected chi connectivity index (χ4v) is 5.86. The number of hydrogen-bond donors (Lipinski definition) is 0. The minimum atomic E-state index is -4.56. The van der Waals surface area contributed by atoms with Gasteiger partial charge in [0, 0.05) is 75.9 Å². The average molecular weight is 606 g/mol. The molecule has 44 heavy (non-hydrogen) atoms. The number of halogens is 3. The predicted octanol–water partition coefficient (Wildman–Crippen LogP) is 4.09. The first-order valence-electron chi connectivity index (χ1n) is 14.7. The summed E-state index contributed by atoms with van der Waals surface area (Å²) in [6, 6.07) is 6.06. The second kappa shape index (κ2) is 12.4. The van der Waals surface area contributed by atoms with Gasteiger partial charge >= 0.3 is 6.18 Å². The van der Waals surface area contributed by atoms with Gasteiger partial charge in [-0.05, 0) is 56.6 Å². The van der Waals surface area contributed by atoms with Crippen molar-refractivity contribution in [1.29, 1.82) is 0 Å². The van der Waals surface area contributed by atoms with Gasteiger partial charge in [-0.25, -0.2) is 4.68 Å². The Balaban J connectivity index is 1.14. The molecule has 0 amide bonds. The molecule has 13 heteroatoms. The lowest BCUT2D eigenvalue weighted by atomic mass is 10.0. The highest BCUT2D eigenvalue weighted by atomic mass is 19.4. The third-order valence-electron chi connectivity index (χ3n) is 8.50. The third kappa shape index (κ3) is 6.63. The van der Waals surface area contributed by atoms with Crippen LogP contribution in [0.2, 0.25) is 0 Å². The molecule has 0 aliphatic carbocycles. The van der Waals surface area contributed by atoms with Gasteiger partial charge in [-0.3, -0.25) is 24.6 Å². The number of nitrogens with zero attached hydrogens (tertiary/aromatic N) is 9. The van der Waals surface area contributed by atoms with E-state index in [0.717, 1.165) is 81.7 Å². The summed E-state index contributed by atoms with van der Waals surface area (Å²) in [5.74, 6) is -0.539. The van der Waals surface area contributed by atoms with E-state index in [1.54, 1.807) is 23.1 Å². The topological polar surface area (TPSA) is 96.2 Å². The number of carbonyl (C=O) groups excluding carboxylic acids is 1. The highest BCUT2D eigenvalue weighted by Crippen LogP contribution is 2.30. The van der Waals surface area contributed by atoms with Crippen LogP contribution in [0.5, 0.6) is 0 Å². The van der Waals surface area contributed by atoms with Crippen molar-refractivity contribution in [3.63, 3.8) is 0 Å². The lowest BCUT2D eigenvalue weighted by molar-refractivity contribution is -0.137. The smallest absolute Gasteiger partial charge is 0.370 e. The molecule has 0 spiro atoms. The van der Waals surface area contributed by atoms with Gasteiger partial charge in [0.05, 0.1) is 35.0 Å². The molecule has 2 aliphatic rings. The molecule has 230 valence electrons. The lowest BCUT2D eigenvalue weighted by Crippen LogP contribution is -2.52. The second-order valence-corrected chi connectivity index (χ2v) is 11.5. The number of Topliss-reactive ketones (excluding diaryl/α,β-unsaturated/α-hetero) is 1. The fraction of sp³-hybridized carbons (Fsp3) is 0.419. The molecule has 0 N–H and O–H groups in total. The molecule has 4 aromatic rings. The summed E-state index contributed by atoms with van der Waals surface area (Å²) in [7, 11) is 2.18. The normalized spacial score (nSPS) is 17.2. The van der Waals surface area contributed by atoms with E-state index in [1.165, 1.54) is 6.20 Å². The average Bonchev–Trinajstić information content (AvgIpc) is 3.52. The van der Waals surface area contributed by atoms with Crippen molar-refractivity contribution in [3.8, 4) is 16.9 Å². The Morgan fingerprint density at radius 3 is 2.50 bits per heavy atom. The van der Waals surface area contributed by atoms with Crippen LogP contribution in [-0.2, 0) is 12.6 Å². The summed E-state index contributed by atoms with van der Waals surface area (Å²) in [5, 5.41) is 8.68. The van der Waals surface area contributed by atoms with Crippen LogP contribution < -0.4 is 4.90 Å². The van der Waals surface area contributed by atoms with Gasteiger partial charge in [0.25, 0.3) is 0 Å². The number of piperidine rings is 1. The van der Waals surface area contributed by atoms with E-state index in [-0.39, 0.29) is 12.1 Å². The SMILES string of the molecule is Cc1ncc(CC(=O)c2cc(C(F)(F)F)ccn2)cc1-n1cc(-c2cncc(N3CCC(N4CCN(C)CC4)CC3)c2)nn1. The number of ketones is 1. The molecule has 0 radical (unpaired) electrons. The largest absolute Gasteiger partial charge is 0.416 e. The Kier molecular flexibility index (Phi) is 8.41. The second-order valence-electron chi connectivity index (χ2n) is 11.5. The van der Waals surface area contributed by atoms with Crippen molar-refractivity contribution in [2.75, 3.05) is 51.2 Å². The Morgan fingerprint density at radius 2 is 1.75 bits per heavy atom.